The zero-order valence-corrected chi connectivity index (χ0v) is 11.4. The standard InChI is InChI=1S/C17H19NO/c1-12-7-8-17(19-2)15(11-12)13-9-10-18-16-6-4-3-5-14(13)16/h3-8,11,13,18H,9-10H2,1-2H3. The van der Waals surface area contributed by atoms with Crippen LogP contribution in [0.15, 0.2) is 42.5 Å². The van der Waals surface area contributed by atoms with Crippen molar-refractivity contribution in [3.63, 3.8) is 0 Å². The molecule has 1 aliphatic heterocycles. The molecular formula is C17H19NO. The molecule has 2 heteroatoms. The van der Waals surface area contributed by atoms with Gasteiger partial charge in [-0.15, -0.1) is 0 Å². The fourth-order valence-electron chi connectivity index (χ4n) is 2.92. The second kappa shape index (κ2) is 4.96. The van der Waals surface area contributed by atoms with E-state index in [2.05, 4.69) is 54.7 Å². The summed E-state index contributed by atoms with van der Waals surface area (Å²) in [5.41, 5.74) is 5.21. The van der Waals surface area contributed by atoms with Crippen LogP contribution in [-0.4, -0.2) is 13.7 Å². The van der Waals surface area contributed by atoms with Gasteiger partial charge in [0.15, 0.2) is 0 Å². The summed E-state index contributed by atoms with van der Waals surface area (Å²) in [6.45, 7) is 3.15. The summed E-state index contributed by atoms with van der Waals surface area (Å²) in [7, 11) is 1.75. The first kappa shape index (κ1) is 12.1. The van der Waals surface area contributed by atoms with Crippen LogP contribution in [0.3, 0.4) is 0 Å². The maximum absolute atomic E-state index is 5.55. The van der Waals surface area contributed by atoms with E-state index in [-0.39, 0.29) is 0 Å². The van der Waals surface area contributed by atoms with Crippen molar-refractivity contribution in [3.8, 4) is 5.75 Å². The number of rotatable bonds is 2. The minimum Gasteiger partial charge on any atom is -0.496 e. The Kier molecular flexibility index (Phi) is 3.16. The van der Waals surface area contributed by atoms with Crippen LogP contribution in [0.2, 0.25) is 0 Å². The quantitative estimate of drug-likeness (QED) is 0.875. The van der Waals surface area contributed by atoms with Crippen molar-refractivity contribution in [1.82, 2.24) is 0 Å². The number of anilines is 1. The van der Waals surface area contributed by atoms with Gasteiger partial charge in [0.05, 0.1) is 7.11 Å². The van der Waals surface area contributed by atoms with E-state index >= 15 is 0 Å². The Morgan fingerprint density at radius 3 is 2.79 bits per heavy atom. The van der Waals surface area contributed by atoms with Gasteiger partial charge in [-0.1, -0.05) is 35.9 Å². The summed E-state index contributed by atoms with van der Waals surface area (Å²) in [5, 5.41) is 3.47. The number of hydrogen-bond donors (Lipinski definition) is 1. The summed E-state index contributed by atoms with van der Waals surface area (Å²) >= 11 is 0. The third kappa shape index (κ3) is 2.19. The number of benzene rings is 2. The van der Waals surface area contributed by atoms with Crippen LogP contribution >= 0.6 is 0 Å². The van der Waals surface area contributed by atoms with E-state index in [1.165, 1.54) is 22.4 Å². The zero-order chi connectivity index (χ0) is 13.2. The number of fused-ring (bicyclic) bond motifs is 1. The van der Waals surface area contributed by atoms with Crippen molar-refractivity contribution >= 4 is 5.69 Å². The summed E-state index contributed by atoms with van der Waals surface area (Å²) in [4.78, 5) is 0. The molecular weight excluding hydrogens is 234 g/mol. The van der Waals surface area contributed by atoms with E-state index < -0.39 is 0 Å². The Morgan fingerprint density at radius 1 is 1.11 bits per heavy atom. The molecule has 2 nitrogen and oxygen atoms in total. The lowest BCUT2D eigenvalue weighted by Gasteiger charge is -2.28. The Hall–Kier alpha value is -1.96. The van der Waals surface area contributed by atoms with Crippen LogP contribution in [0.1, 0.15) is 29.0 Å². The van der Waals surface area contributed by atoms with Gasteiger partial charge in [-0.2, -0.15) is 0 Å². The van der Waals surface area contributed by atoms with Gasteiger partial charge in [0.25, 0.3) is 0 Å². The third-order valence-electron chi connectivity index (χ3n) is 3.85. The Balaban J connectivity index is 2.11. The molecule has 2 aromatic carbocycles. The number of ether oxygens (including phenoxy) is 1. The van der Waals surface area contributed by atoms with Crippen LogP contribution < -0.4 is 10.1 Å². The molecule has 0 aliphatic carbocycles. The molecule has 0 saturated heterocycles. The van der Waals surface area contributed by atoms with E-state index in [0.717, 1.165) is 18.7 Å². The Labute approximate surface area is 114 Å². The summed E-state index contributed by atoms with van der Waals surface area (Å²) < 4.78 is 5.55. The summed E-state index contributed by atoms with van der Waals surface area (Å²) in [6.07, 6.45) is 1.11. The van der Waals surface area contributed by atoms with Crippen molar-refractivity contribution in [2.45, 2.75) is 19.3 Å². The van der Waals surface area contributed by atoms with Crippen LogP contribution in [0.25, 0.3) is 0 Å². The second-order valence-electron chi connectivity index (χ2n) is 5.10. The summed E-state index contributed by atoms with van der Waals surface area (Å²) in [6, 6.07) is 15.0. The van der Waals surface area contributed by atoms with Crippen molar-refractivity contribution in [3.05, 3.63) is 59.2 Å². The van der Waals surface area contributed by atoms with Crippen molar-refractivity contribution in [1.29, 1.82) is 0 Å². The fourth-order valence-corrected chi connectivity index (χ4v) is 2.92. The van der Waals surface area contributed by atoms with E-state index in [1.807, 2.05) is 0 Å². The van der Waals surface area contributed by atoms with Gasteiger partial charge < -0.3 is 10.1 Å². The average molecular weight is 253 g/mol. The fraction of sp³-hybridized carbons (Fsp3) is 0.294. The lowest BCUT2D eigenvalue weighted by Crippen LogP contribution is -2.18. The number of nitrogens with one attached hydrogen (secondary N) is 1. The van der Waals surface area contributed by atoms with Gasteiger partial charge >= 0.3 is 0 Å². The molecule has 2 aromatic rings. The normalized spacial score (nSPS) is 17.5. The SMILES string of the molecule is COc1ccc(C)cc1C1CCNc2ccccc21. The highest BCUT2D eigenvalue weighted by Gasteiger charge is 2.23. The summed E-state index contributed by atoms with van der Waals surface area (Å²) in [5.74, 6) is 1.42. The predicted molar refractivity (Wildman–Crippen MR) is 79.1 cm³/mol. The van der Waals surface area contributed by atoms with Gasteiger partial charge in [0.2, 0.25) is 0 Å². The molecule has 0 aromatic heterocycles. The Bertz CT molecular complexity index is 592. The predicted octanol–water partition coefficient (Wildman–Crippen LogP) is 3.95. The average Bonchev–Trinajstić information content (AvgIpc) is 2.46. The van der Waals surface area contributed by atoms with Gasteiger partial charge in [-0.3, -0.25) is 0 Å². The number of aryl methyl sites for hydroxylation is 1. The number of para-hydroxylation sites is 1. The van der Waals surface area contributed by atoms with Crippen molar-refractivity contribution in [2.24, 2.45) is 0 Å². The molecule has 1 N–H and O–H groups in total. The van der Waals surface area contributed by atoms with Gasteiger partial charge in [-0.25, -0.2) is 0 Å². The highest BCUT2D eigenvalue weighted by atomic mass is 16.5. The number of hydrogen-bond acceptors (Lipinski definition) is 2. The van der Waals surface area contributed by atoms with Gasteiger partial charge in [0.1, 0.15) is 5.75 Å². The Morgan fingerprint density at radius 2 is 1.95 bits per heavy atom. The molecule has 0 saturated carbocycles. The molecule has 0 spiro atoms. The topological polar surface area (TPSA) is 21.3 Å². The second-order valence-corrected chi connectivity index (χ2v) is 5.10. The molecule has 1 aliphatic rings. The molecule has 0 bridgehead atoms. The molecule has 0 fully saturated rings. The highest BCUT2D eigenvalue weighted by Crippen LogP contribution is 2.40. The lowest BCUT2D eigenvalue weighted by atomic mass is 9.84. The molecule has 1 heterocycles. The molecule has 1 atom stereocenters. The third-order valence-corrected chi connectivity index (χ3v) is 3.85. The monoisotopic (exact) mass is 253 g/mol. The van der Waals surface area contributed by atoms with Crippen LogP contribution in [0.5, 0.6) is 5.75 Å². The highest BCUT2D eigenvalue weighted by molar-refractivity contribution is 5.59. The van der Waals surface area contributed by atoms with Crippen LogP contribution in [0, 0.1) is 6.92 Å². The van der Waals surface area contributed by atoms with Gasteiger partial charge in [0, 0.05) is 23.7 Å². The molecule has 19 heavy (non-hydrogen) atoms. The minimum atomic E-state index is 0.423. The van der Waals surface area contributed by atoms with Gasteiger partial charge in [-0.05, 0) is 31.0 Å². The first-order valence-electron chi connectivity index (χ1n) is 6.77. The molecule has 98 valence electrons. The maximum atomic E-state index is 5.55. The minimum absolute atomic E-state index is 0.423. The van der Waals surface area contributed by atoms with E-state index in [1.54, 1.807) is 7.11 Å². The molecule has 0 amide bonds. The van der Waals surface area contributed by atoms with E-state index in [0.29, 0.717) is 5.92 Å². The van der Waals surface area contributed by atoms with Crippen LogP contribution in [0.4, 0.5) is 5.69 Å². The first-order valence-corrected chi connectivity index (χ1v) is 6.77. The lowest BCUT2D eigenvalue weighted by molar-refractivity contribution is 0.406. The van der Waals surface area contributed by atoms with E-state index in [4.69, 9.17) is 4.74 Å². The first-order chi connectivity index (χ1) is 9.29. The number of methoxy groups -OCH3 is 1. The zero-order valence-electron chi connectivity index (χ0n) is 11.4. The maximum Gasteiger partial charge on any atom is 0.122 e. The molecule has 0 radical (unpaired) electrons. The molecule has 1 unspecified atom stereocenters. The molecule has 3 rings (SSSR count). The van der Waals surface area contributed by atoms with Crippen LogP contribution in [-0.2, 0) is 0 Å². The smallest absolute Gasteiger partial charge is 0.122 e. The van der Waals surface area contributed by atoms with E-state index in [9.17, 15) is 0 Å². The van der Waals surface area contributed by atoms with Crippen molar-refractivity contribution in [2.75, 3.05) is 19.0 Å². The van der Waals surface area contributed by atoms with Crippen molar-refractivity contribution < 1.29 is 4.74 Å². The largest absolute Gasteiger partial charge is 0.496 e.